The molecule has 3 aromatic rings. The van der Waals surface area contributed by atoms with E-state index in [-0.39, 0.29) is 17.7 Å². The number of carbonyl (C=O) groups excluding carboxylic acids is 2. The average Bonchev–Trinajstić information content (AvgIpc) is 3.00. The van der Waals surface area contributed by atoms with Crippen LogP contribution < -0.4 is 10.9 Å². The number of nitro benzene ring substituents is 1. The molecule has 0 aliphatic heterocycles. The van der Waals surface area contributed by atoms with E-state index in [1.807, 2.05) is 24.5 Å². The van der Waals surface area contributed by atoms with E-state index < -0.39 is 16.7 Å². The van der Waals surface area contributed by atoms with Crippen LogP contribution in [0.5, 0.6) is 0 Å². The van der Waals surface area contributed by atoms with E-state index in [4.69, 9.17) is 0 Å². The first kappa shape index (κ1) is 19.0. The van der Waals surface area contributed by atoms with Crippen molar-refractivity contribution in [2.24, 2.45) is 0 Å². The number of hydrazine groups is 1. The van der Waals surface area contributed by atoms with Crippen LogP contribution in [0.15, 0.2) is 42.5 Å². The molecule has 0 saturated heterocycles. The van der Waals surface area contributed by atoms with Gasteiger partial charge in [0.2, 0.25) is 5.91 Å². The summed E-state index contributed by atoms with van der Waals surface area (Å²) in [5.41, 5.74) is 6.70. The molecule has 0 unspecified atom stereocenters. The standard InChI is InChI=1S/C19H19N5O4/c1-3-23-12(2)20-15-10-14(8-9-17(15)23)19(26)22-21-18(25)11-13-6-4-5-7-16(13)24(27)28/h4-10H,3,11H2,1-2H3,(H,21,25)(H,22,26). The Labute approximate surface area is 160 Å². The highest BCUT2D eigenvalue weighted by Gasteiger charge is 2.16. The monoisotopic (exact) mass is 381 g/mol. The first-order valence-corrected chi connectivity index (χ1v) is 8.69. The number of nitrogens with zero attached hydrogens (tertiary/aromatic N) is 3. The molecule has 0 aliphatic rings. The molecule has 0 saturated carbocycles. The Balaban J connectivity index is 1.66. The van der Waals surface area contributed by atoms with Gasteiger partial charge in [0.15, 0.2) is 0 Å². The summed E-state index contributed by atoms with van der Waals surface area (Å²) in [5.74, 6) is -0.204. The summed E-state index contributed by atoms with van der Waals surface area (Å²) in [7, 11) is 0. The van der Waals surface area contributed by atoms with Crippen LogP contribution in [0.25, 0.3) is 11.0 Å². The maximum atomic E-state index is 12.3. The molecule has 2 aromatic carbocycles. The number of amides is 2. The van der Waals surface area contributed by atoms with Crippen molar-refractivity contribution >= 4 is 28.5 Å². The number of hydrogen-bond acceptors (Lipinski definition) is 5. The van der Waals surface area contributed by atoms with Gasteiger partial charge in [0, 0.05) is 23.7 Å². The van der Waals surface area contributed by atoms with Gasteiger partial charge in [-0.1, -0.05) is 18.2 Å². The van der Waals surface area contributed by atoms with Gasteiger partial charge in [0.05, 0.1) is 22.4 Å². The smallest absolute Gasteiger partial charge is 0.273 e. The van der Waals surface area contributed by atoms with Crippen LogP contribution in [0.2, 0.25) is 0 Å². The quantitative estimate of drug-likeness (QED) is 0.519. The Morgan fingerprint density at radius 2 is 1.93 bits per heavy atom. The van der Waals surface area contributed by atoms with E-state index in [0.717, 1.165) is 17.9 Å². The van der Waals surface area contributed by atoms with Gasteiger partial charge in [-0.15, -0.1) is 0 Å². The lowest BCUT2D eigenvalue weighted by molar-refractivity contribution is -0.385. The lowest BCUT2D eigenvalue weighted by Gasteiger charge is -2.08. The Bertz CT molecular complexity index is 1070. The minimum absolute atomic E-state index is 0.142. The highest BCUT2D eigenvalue weighted by Crippen LogP contribution is 2.19. The number of nitrogens with one attached hydrogen (secondary N) is 2. The third kappa shape index (κ3) is 3.83. The van der Waals surface area contributed by atoms with Gasteiger partial charge in [-0.05, 0) is 32.0 Å². The molecular formula is C19H19N5O4. The van der Waals surface area contributed by atoms with E-state index in [0.29, 0.717) is 11.1 Å². The molecule has 0 aliphatic carbocycles. The van der Waals surface area contributed by atoms with Crippen molar-refractivity contribution in [1.82, 2.24) is 20.4 Å². The maximum absolute atomic E-state index is 12.3. The van der Waals surface area contributed by atoms with Crippen molar-refractivity contribution in [1.29, 1.82) is 0 Å². The zero-order valence-electron chi connectivity index (χ0n) is 15.4. The number of imidazole rings is 1. The molecule has 9 heteroatoms. The minimum atomic E-state index is -0.560. The molecule has 1 aromatic heterocycles. The van der Waals surface area contributed by atoms with E-state index >= 15 is 0 Å². The number of aromatic nitrogens is 2. The number of aryl methyl sites for hydroxylation is 2. The number of para-hydroxylation sites is 1. The maximum Gasteiger partial charge on any atom is 0.273 e. The molecule has 2 amide bonds. The lowest BCUT2D eigenvalue weighted by atomic mass is 10.1. The highest BCUT2D eigenvalue weighted by molar-refractivity contribution is 5.98. The summed E-state index contributed by atoms with van der Waals surface area (Å²) >= 11 is 0. The summed E-state index contributed by atoms with van der Waals surface area (Å²) in [4.78, 5) is 39.3. The van der Waals surface area contributed by atoms with Crippen molar-refractivity contribution in [3.05, 3.63) is 69.5 Å². The van der Waals surface area contributed by atoms with Gasteiger partial charge in [-0.2, -0.15) is 0 Å². The van der Waals surface area contributed by atoms with Gasteiger partial charge in [0.1, 0.15) is 5.82 Å². The van der Waals surface area contributed by atoms with Crippen molar-refractivity contribution in [3.63, 3.8) is 0 Å². The number of rotatable bonds is 5. The third-order valence-corrected chi connectivity index (χ3v) is 4.37. The second-order valence-corrected chi connectivity index (χ2v) is 6.17. The highest BCUT2D eigenvalue weighted by atomic mass is 16.6. The van der Waals surface area contributed by atoms with E-state index in [1.54, 1.807) is 18.2 Å². The molecule has 0 fully saturated rings. The predicted octanol–water partition coefficient (Wildman–Crippen LogP) is 2.28. The second-order valence-electron chi connectivity index (χ2n) is 6.17. The average molecular weight is 381 g/mol. The zero-order valence-corrected chi connectivity index (χ0v) is 15.4. The Hall–Kier alpha value is -3.75. The zero-order chi connectivity index (χ0) is 20.3. The fraction of sp³-hybridized carbons (Fsp3) is 0.211. The fourth-order valence-electron chi connectivity index (χ4n) is 3.04. The third-order valence-electron chi connectivity index (χ3n) is 4.37. The predicted molar refractivity (Wildman–Crippen MR) is 103 cm³/mol. The molecule has 144 valence electrons. The normalized spacial score (nSPS) is 10.6. The van der Waals surface area contributed by atoms with Crippen LogP contribution >= 0.6 is 0 Å². The molecule has 1 heterocycles. The molecule has 28 heavy (non-hydrogen) atoms. The minimum Gasteiger partial charge on any atom is -0.329 e. The Kier molecular flexibility index (Phi) is 5.35. The number of carbonyl (C=O) groups is 2. The Morgan fingerprint density at radius 1 is 1.18 bits per heavy atom. The van der Waals surface area contributed by atoms with Gasteiger partial charge in [-0.25, -0.2) is 4.98 Å². The van der Waals surface area contributed by atoms with Crippen molar-refractivity contribution in [3.8, 4) is 0 Å². The van der Waals surface area contributed by atoms with Crippen molar-refractivity contribution in [2.45, 2.75) is 26.8 Å². The van der Waals surface area contributed by atoms with Crippen molar-refractivity contribution < 1.29 is 14.5 Å². The summed E-state index contributed by atoms with van der Waals surface area (Å²) in [6.45, 7) is 4.68. The van der Waals surface area contributed by atoms with Gasteiger partial charge < -0.3 is 4.57 Å². The van der Waals surface area contributed by atoms with Gasteiger partial charge in [0.25, 0.3) is 11.6 Å². The second kappa shape index (κ2) is 7.87. The van der Waals surface area contributed by atoms with E-state index in [1.165, 1.54) is 18.2 Å². The van der Waals surface area contributed by atoms with Crippen LogP contribution in [0.4, 0.5) is 5.69 Å². The van der Waals surface area contributed by atoms with Crippen LogP contribution in [0, 0.1) is 17.0 Å². The van der Waals surface area contributed by atoms with Crippen LogP contribution in [-0.2, 0) is 17.8 Å². The number of hydrogen-bond donors (Lipinski definition) is 2. The van der Waals surface area contributed by atoms with E-state index in [2.05, 4.69) is 15.8 Å². The largest absolute Gasteiger partial charge is 0.329 e. The molecule has 0 radical (unpaired) electrons. The first-order chi connectivity index (χ1) is 13.4. The topological polar surface area (TPSA) is 119 Å². The summed E-state index contributed by atoms with van der Waals surface area (Å²) in [5, 5.41) is 11.0. The fourth-order valence-corrected chi connectivity index (χ4v) is 3.04. The van der Waals surface area contributed by atoms with Gasteiger partial charge >= 0.3 is 0 Å². The molecular weight excluding hydrogens is 362 g/mol. The number of benzene rings is 2. The number of fused-ring (bicyclic) bond motifs is 1. The number of nitro groups is 1. The van der Waals surface area contributed by atoms with Crippen LogP contribution in [0.3, 0.4) is 0 Å². The Morgan fingerprint density at radius 3 is 2.64 bits per heavy atom. The molecule has 3 rings (SSSR count). The van der Waals surface area contributed by atoms with Crippen molar-refractivity contribution in [2.75, 3.05) is 0 Å². The van der Waals surface area contributed by atoms with Crippen LogP contribution in [0.1, 0.15) is 28.7 Å². The first-order valence-electron chi connectivity index (χ1n) is 8.69. The molecule has 0 bridgehead atoms. The summed E-state index contributed by atoms with van der Waals surface area (Å²) in [6.07, 6.45) is -0.226. The summed E-state index contributed by atoms with van der Waals surface area (Å²) < 4.78 is 2.03. The molecule has 0 atom stereocenters. The van der Waals surface area contributed by atoms with Crippen LogP contribution in [-0.4, -0.2) is 26.3 Å². The molecule has 2 N–H and O–H groups in total. The molecule has 9 nitrogen and oxygen atoms in total. The SMILES string of the molecule is CCn1c(C)nc2cc(C(=O)NNC(=O)Cc3ccccc3[N+](=O)[O-])ccc21. The van der Waals surface area contributed by atoms with Gasteiger partial charge in [-0.3, -0.25) is 30.6 Å². The lowest BCUT2D eigenvalue weighted by Crippen LogP contribution is -2.42. The van der Waals surface area contributed by atoms with E-state index in [9.17, 15) is 19.7 Å². The molecule has 0 spiro atoms. The summed E-state index contributed by atoms with van der Waals surface area (Å²) in [6, 6.07) is 11.1.